The van der Waals surface area contributed by atoms with Gasteiger partial charge in [0.1, 0.15) is 0 Å². The molecule has 0 saturated carbocycles. The average molecular weight is 155 g/mol. The number of likely N-dealkylation sites (tertiary alicyclic amines) is 1. The normalized spacial score (nSPS) is 39.5. The van der Waals surface area contributed by atoms with Crippen molar-refractivity contribution in [1.82, 2.24) is 4.90 Å². The number of hydrogen-bond donors (Lipinski definition) is 0. The average Bonchev–Trinajstić information content (AvgIpc) is 1.97. The molecule has 1 heterocycles. The number of rotatable bonds is 0. The van der Waals surface area contributed by atoms with E-state index in [-0.39, 0.29) is 5.92 Å². The van der Waals surface area contributed by atoms with Crippen LogP contribution in [-0.2, 0) is 4.79 Å². The minimum atomic E-state index is 0.219. The maximum absolute atomic E-state index is 11.5. The Morgan fingerprint density at radius 3 is 2.45 bits per heavy atom. The van der Waals surface area contributed by atoms with Crippen LogP contribution in [0.4, 0.5) is 0 Å². The van der Waals surface area contributed by atoms with Crippen molar-refractivity contribution >= 4 is 5.91 Å². The van der Waals surface area contributed by atoms with Crippen LogP contribution in [0.1, 0.15) is 27.2 Å². The molecule has 3 unspecified atom stereocenters. The highest BCUT2D eigenvalue weighted by atomic mass is 16.2. The summed E-state index contributed by atoms with van der Waals surface area (Å²) < 4.78 is 0. The Morgan fingerprint density at radius 2 is 1.91 bits per heavy atom. The van der Waals surface area contributed by atoms with Gasteiger partial charge in [-0.1, -0.05) is 13.8 Å². The van der Waals surface area contributed by atoms with E-state index < -0.39 is 0 Å². The van der Waals surface area contributed by atoms with E-state index in [1.807, 2.05) is 18.9 Å². The summed E-state index contributed by atoms with van der Waals surface area (Å²) in [6, 6.07) is 0.425. The summed E-state index contributed by atoms with van der Waals surface area (Å²) in [4.78, 5) is 13.3. The molecule has 1 fully saturated rings. The molecule has 1 aliphatic heterocycles. The molecule has 3 atom stereocenters. The standard InChI is InChI=1S/C9H17NO/c1-6-5-7(2)10(4)9(11)8(6)3/h6-8H,5H2,1-4H3. The number of amides is 1. The van der Waals surface area contributed by atoms with Crippen molar-refractivity contribution in [2.75, 3.05) is 7.05 Å². The molecule has 1 rings (SSSR count). The molecule has 1 aliphatic rings. The fraction of sp³-hybridized carbons (Fsp3) is 0.889. The molecule has 0 aromatic carbocycles. The summed E-state index contributed by atoms with van der Waals surface area (Å²) in [5.41, 5.74) is 0. The predicted octanol–water partition coefficient (Wildman–Crippen LogP) is 1.51. The molecule has 0 aromatic rings. The highest BCUT2D eigenvalue weighted by Gasteiger charge is 2.32. The van der Waals surface area contributed by atoms with E-state index >= 15 is 0 Å². The molecule has 2 heteroatoms. The number of piperidine rings is 1. The third-order valence-corrected chi connectivity index (χ3v) is 2.96. The van der Waals surface area contributed by atoms with E-state index in [4.69, 9.17) is 0 Å². The van der Waals surface area contributed by atoms with Crippen molar-refractivity contribution in [2.24, 2.45) is 11.8 Å². The van der Waals surface area contributed by atoms with Gasteiger partial charge in [0.15, 0.2) is 0 Å². The lowest BCUT2D eigenvalue weighted by molar-refractivity contribution is -0.141. The molecule has 0 radical (unpaired) electrons. The van der Waals surface area contributed by atoms with Crippen LogP contribution in [0.2, 0.25) is 0 Å². The summed E-state index contributed by atoms with van der Waals surface area (Å²) in [5, 5.41) is 0. The molecule has 64 valence electrons. The van der Waals surface area contributed by atoms with Gasteiger partial charge < -0.3 is 4.90 Å². The van der Waals surface area contributed by atoms with Crippen molar-refractivity contribution in [3.8, 4) is 0 Å². The predicted molar refractivity (Wildman–Crippen MR) is 45.2 cm³/mol. The molecular weight excluding hydrogens is 138 g/mol. The largest absolute Gasteiger partial charge is 0.343 e. The highest BCUT2D eigenvalue weighted by Crippen LogP contribution is 2.26. The fourth-order valence-corrected chi connectivity index (χ4v) is 1.68. The summed E-state index contributed by atoms with van der Waals surface area (Å²) in [7, 11) is 1.90. The van der Waals surface area contributed by atoms with Gasteiger partial charge in [-0.3, -0.25) is 4.79 Å². The van der Waals surface area contributed by atoms with Crippen LogP contribution in [0, 0.1) is 11.8 Å². The Hall–Kier alpha value is -0.530. The third kappa shape index (κ3) is 1.39. The van der Waals surface area contributed by atoms with Crippen molar-refractivity contribution in [1.29, 1.82) is 0 Å². The highest BCUT2D eigenvalue weighted by molar-refractivity contribution is 5.79. The first kappa shape index (κ1) is 8.57. The number of hydrogen-bond acceptors (Lipinski definition) is 1. The number of nitrogens with zero attached hydrogens (tertiary/aromatic N) is 1. The number of carbonyl (C=O) groups is 1. The van der Waals surface area contributed by atoms with Crippen molar-refractivity contribution in [2.45, 2.75) is 33.2 Å². The van der Waals surface area contributed by atoms with Crippen LogP contribution >= 0.6 is 0 Å². The zero-order chi connectivity index (χ0) is 8.59. The maximum Gasteiger partial charge on any atom is 0.225 e. The first-order chi connectivity index (χ1) is 5.04. The number of carbonyl (C=O) groups excluding carboxylic acids is 1. The second-order valence-electron chi connectivity index (χ2n) is 3.80. The molecule has 0 aliphatic carbocycles. The summed E-state index contributed by atoms with van der Waals surface area (Å²) in [6.45, 7) is 6.29. The second kappa shape index (κ2) is 2.84. The fourth-order valence-electron chi connectivity index (χ4n) is 1.68. The molecule has 1 saturated heterocycles. The maximum atomic E-state index is 11.5. The van der Waals surface area contributed by atoms with E-state index in [1.165, 1.54) is 0 Å². The van der Waals surface area contributed by atoms with Crippen molar-refractivity contribution < 1.29 is 4.79 Å². The van der Waals surface area contributed by atoms with Crippen LogP contribution in [0.5, 0.6) is 0 Å². The van der Waals surface area contributed by atoms with Gasteiger partial charge >= 0.3 is 0 Å². The smallest absolute Gasteiger partial charge is 0.225 e. The van der Waals surface area contributed by atoms with Crippen LogP contribution in [0.15, 0.2) is 0 Å². The van der Waals surface area contributed by atoms with Gasteiger partial charge in [0.25, 0.3) is 0 Å². The van der Waals surface area contributed by atoms with E-state index in [0.717, 1.165) is 6.42 Å². The van der Waals surface area contributed by atoms with E-state index in [2.05, 4.69) is 13.8 Å². The SMILES string of the molecule is CC1CC(C)N(C)C(=O)C1C. The molecular formula is C9H17NO. The zero-order valence-corrected chi connectivity index (χ0v) is 7.79. The van der Waals surface area contributed by atoms with Crippen molar-refractivity contribution in [3.63, 3.8) is 0 Å². The Labute approximate surface area is 68.6 Å². The summed E-state index contributed by atoms with van der Waals surface area (Å²) in [5.74, 6) is 1.07. The third-order valence-electron chi connectivity index (χ3n) is 2.96. The van der Waals surface area contributed by atoms with Gasteiger partial charge in [-0.15, -0.1) is 0 Å². The first-order valence-corrected chi connectivity index (χ1v) is 4.30. The van der Waals surface area contributed by atoms with E-state index in [9.17, 15) is 4.79 Å². The summed E-state index contributed by atoms with van der Waals surface area (Å²) in [6.07, 6.45) is 1.14. The first-order valence-electron chi connectivity index (χ1n) is 4.30. The van der Waals surface area contributed by atoms with E-state index in [1.54, 1.807) is 0 Å². The van der Waals surface area contributed by atoms with Gasteiger partial charge in [0.2, 0.25) is 5.91 Å². The minimum Gasteiger partial charge on any atom is -0.343 e. The van der Waals surface area contributed by atoms with Gasteiger partial charge in [0.05, 0.1) is 0 Å². The topological polar surface area (TPSA) is 20.3 Å². The van der Waals surface area contributed by atoms with Gasteiger partial charge in [-0.2, -0.15) is 0 Å². The lowest BCUT2D eigenvalue weighted by atomic mass is 9.84. The van der Waals surface area contributed by atoms with Crippen LogP contribution in [0.3, 0.4) is 0 Å². The van der Waals surface area contributed by atoms with Gasteiger partial charge in [-0.05, 0) is 19.3 Å². The second-order valence-corrected chi connectivity index (χ2v) is 3.80. The quantitative estimate of drug-likeness (QED) is 0.519. The van der Waals surface area contributed by atoms with Crippen LogP contribution in [0.25, 0.3) is 0 Å². The lowest BCUT2D eigenvalue weighted by Crippen LogP contribution is -2.46. The molecule has 0 N–H and O–H groups in total. The molecule has 0 bridgehead atoms. The monoisotopic (exact) mass is 155 g/mol. The minimum absolute atomic E-state index is 0.219. The Bertz CT molecular complexity index is 151. The molecule has 11 heavy (non-hydrogen) atoms. The molecule has 1 amide bonds. The Balaban J connectivity index is 2.71. The van der Waals surface area contributed by atoms with Gasteiger partial charge in [-0.25, -0.2) is 0 Å². The Kier molecular flexibility index (Phi) is 2.21. The van der Waals surface area contributed by atoms with E-state index in [0.29, 0.717) is 17.9 Å². The van der Waals surface area contributed by atoms with Crippen LogP contribution < -0.4 is 0 Å². The summed E-state index contributed by atoms with van der Waals surface area (Å²) >= 11 is 0. The molecule has 0 aromatic heterocycles. The Morgan fingerprint density at radius 1 is 1.36 bits per heavy atom. The molecule has 0 spiro atoms. The lowest BCUT2D eigenvalue weighted by Gasteiger charge is -2.37. The van der Waals surface area contributed by atoms with Gasteiger partial charge in [0, 0.05) is 19.0 Å². The zero-order valence-electron chi connectivity index (χ0n) is 7.79. The van der Waals surface area contributed by atoms with Crippen molar-refractivity contribution in [3.05, 3.63) is 0 Å². The van der Waals surface area contributed by atoms with Crippen LogP contribution in [-0.4, -0.2) is 23.9 Å². The molecule has 2 nitrogen and oxygen atoms in total.